The molecule has 35 heavy (non-hydrogen) atoms. The van der Waals surface area contributed by atoms with Crippen molar-refractivity contribution < 1.29 is 36.3 Å². The number of sulfonamides is 1. The van der Waals surface area contributed by atoms with E-state index in [1.807, 2.05) is 29.6 Å². The van der Waals surface area contributed by atoms with Crippen LogP contribution >= 0.6 is 22.7 Å². The van der Waals surface area contributed by atoms with Crippen molar-refractivity contribution in [2.75, 3.05) is 6.54 Å². The third-order valence-corrected chi connectivity index (χ3v) is 8.87. The van der Waals surface area contributed by atoms with Crippen LogP contribution in [0, 0.1) is 5.41 Å². The van der Waals surface area contributed by atoms with Gasteiger partial charge in [0.2, 0.25) is 5.91 Å². The first-order valence-corrected chi connectivity index (χ1v) is 13.0. The quantitative estimate of drug-likeness (QED) is 0.274. The van der Waals surface area contributed by atoms with E-state index in [4.69, 9.17) is 21.0 Å². The van der Waals surface area contributed by atoms with Gasteiger partial charge in [0.15, 0.2) is 0 Å². The molecule has 1 aliphatic rings. The Morgan fingerprint density at radius 2 is 1.94 bits per heavy atom. The van der Waals surface area contributed by atoms with E-state index in [2.05, 4.69) is 4.72 Å². The highest BCUT2D eigenvalue weighted by Crippen LogP contribution is 2.29. The van der Waals surface area contributed by atoms with Gasteiger partial charge in [0, 0.05) is 17.8 Å². The summed E-state index contributed by atoms with van der Waals surface area (Å²) in [5.74, 6) is -2.99. The molecule has 0 radical (unpaired) electrons. The number of carbonyl (C=O) groups is 2. The number of hydrogen-bond acceptors (Lipinski definition) is 7. The van der Waals surface area contributed by atoms with Crippen LogP contribution < -0.4 is 10.5 Å². The maximum Gasteiger partial charge on any atom is 0.490 e. The van der Waals surface area contributed by atoms with E-state index >= 15 is 0 Å². The third-order valence-electron chi connectivity index (χ3n) is 4.80. The third kappa shape index (κ3) is 6.56. The van der Waals surface area contributed by atoms with Gasteiger partial charge in [-0.3, -0.25) is 10.2 Å². The molecular weight excluding hydrogens is 529 g/mol. The number of amides is 1. The molecular formula is C20H19F3N4O5S3. The molecule has 1 aromatic carbocycles. The normalized spacial score (nSPS) is 16.3. The Bertz CT molecular complexity index is 1330. The van der Waals surface area contributed by atoms with Crippen LogP contribution in [0.25, 0.3) is 10.1 Å². The van der Waals surface area contributed by atoms with Crippen molar-refractivity contribution in [1.29, 1.82) is 5.41 Å². The number of nitrogens with two attached hydrogens (primary N) is 1. The van der Waals surface area contributed by atoms with E-state index in [1.165, 1.54) is 22.7 Å². The molecule has 1 amide bonds. The van der Waals surface area contributed by atoms with E-state index in [1.54, 1.807) is 17.0 Å². The van der Waals surface area contributed by atoms with Crippen molar-refractivity contribution in [3.63, 3.8) is 0 Å². The number of thiophene rings is 2. The SMILES string of the molecule is N=C(N)c1cc(CN2CC[C@H](NS(=O)(=O)c3cc4ccccc4s3)C2=O)cs1.O=C(O)C(F)(F)F. The van der Waals surface area contributed by atoms with E-state index in [-0.39, 0.29) is 16.0 Å². The molecule has 3 heterocycles. The lowest BCUT2D eigenvalue weighted by Crippen LogP contribution is -2.41. The smallest absolute Gasteiger partial charge is 0.475 e. The summed E-state index contributed by atoms with van der Waals surface area (Å²) in [7, 11) is -3.76. The van der Waals surface area contributed by atoms with Gasteiger partial charge in [0.05, 0.1) is 4.88 Å². The van der Waals surface area contributed by atoms with Crippen LogP contribution in [-0.2, 0) is 26.2 Å². The second-order valence-electron chi connectivity index (χ2n) is 7.36. The van der Waals surface area contributed by atoms with Crippen molar-refractivity contribution in [3.8, 4) is 0 Å². The lowest BCUT2D eigenvalue weighted by molar-refractivity contribution is -0.192. The highest BCUT2D eigenvalue weighted by molar-refractivity contribution is 7.91. The highest BCUT2D eigenvalue weighted by Gasteiger charge is 2.38. The Morgan fingerprint density at radius 1 is 1.29 bits per heavy atom. The number of carboxylic acid groups (broad SMARTS) is 1. The van der Waals surface area contributed by atoms with Crippen LogP contribution in [0.15, 0.2) is 46.0 Å². The van der Waals surface area contributed by atoms with Gasteiger partial charge >= 0.3 is 12.1 Å². The van der Waals surface area contributed by atoms with Crippen molar-refractivity contribution in [2.24, 2.45) is 5.73 Å². The first kappa shape index (κ1) is 26.6. The van der Waals surface area contributed by atoms with Gasteiger partial charge in [-0.2, -0.15) is 17.9 Å². The second-order valence-corrected chi connectivity index (χ2v) is 11.3. The largest absolute Gasteiger partial charge is 0.490 e. The number of hydrogen-bond donors (Lipinski definition) is 4. The number of benzene rings is 1. The Kier molecular flexibility index (Phi) is 7.83. The van der Waals surface area contributed by atoms with Gasteiger partial charge < -0.3 is 15.7 Å². The average molecular weight is 549 g/mol. The molecule has 0 spiro atoms. The standard InChI is InChI=1S/C18H18N4O3S3.C2HF3O2/c19-17(20)15-7-11(10-26-15)9-22-6-5-13(18(22)23)21-28(24,25)16-8-12-3-1-2-4-14(12)27-16;3-2(4,5)1(6)7/h1-4,7-8,10,13,21H,5-6,9H2,(H3,19,20);(H,6,7)/t13-;/m0./s1. The molecule has 0 saturated carbocycles. The Balaban J connectivity index is 0.000000429. The molecule has 9 nitrogen and oxygen atoms in total. The maximum absolute atomic E-state index is 12.7. The van der Waals surface area contributed by atoms with Crippen LogP contribution in [0.3, 0.4) is 0 Å². The van der Waals surface area contributed by atoms with Gasteiger partial charge in [-0.1, -0.05) is 18.2 Å². The molecule has 0 bridgehead atoms. The summed E-state index contributed by atoms with van der Waals surface area (Å²) < 4.78 is 60.9. The van der Waals surface area contributed by atoms with Gasteiger partial charge in [-0.05, 0) is 40.9 Å². The van der Waals surface area contributed by atoms with Gasteiger partial charge in [-0.25, -0.2) is 13.2 Å². The fourth-order valence-electron chi connectivity index (χ4n) is 3.16. The molecule has 1 fully saturated rings. The number of amidine groups is 1. The number of carbonyl (C=O) groups excluding carboxylic acids is 1. The first-order valence-electron chi connectivity index (χ1n) is 9.79. The zero-order chi connectivity index (χ0) is 26.0. The molecule has 15 heteroatoms. The van der Waals surface area contributed by atoms with E-state index in [9.17, 15) is 26.4 Å². The number of alkyl halides is 3. The lowest BCUT2D eigenvalue weighted by atomic mass is 10.3. The number of rotatable bonds is 6. The van der Waals surface area contributed by atoms with Crippen LogP contribution in [0.1, 0.15) is 16.9 Å². The number of nitrogen functional groups attached to an aromatic ring is 1. The van der Waals surface area contributed by atoms with Crippen LogP contribution in [0.5, 0.6) is 0 Å². The number of likely N-dealkylation sites (tertiary alicyclic amines) is 1. The molecule has 1 aliphatic heterocycles. The molecule has 0 aliphatic carbocycles. The van der Waals surface area contributed by atoms with Crippen LogP contribution in [-0.4, -0.2) is 54.9 Å². The number of carboxylic acids is 1. The van der Waals surface area contributed by atoms with Crippen molar-refractivity contribution >= 4 is 60.5 Å². The van der Waals surface area contributed by atoms with Crippen LogP contribution in [0.2, 0.25) is 0 Å². The van der Waals surface area contributed by atoms with Crippen molar-refractivity contribution in [2.45, 2.75) is 29.4 Å². The summed E-state index contributed by atoms with van der Waals surface area (Å²) >= 11 is 2.55. The molecule has 5 N–H and O–H groups in total. The number of aliphatic carboxylic acids is 1. The fourth-order valence-corrected chi connectivity index (χ4v) is 6.57. The van der Waals surface area contributed by atoms with E-state index < -0.39 is 28.2 Å². The van der Waals surface area contributed by atoms with Gasteiger partial charge in [0.25, 0.3) is 10.0 Å². The predicted octanol–water partition coefficient (Wildman–Crippen LogP) is 2.96. The molecule has 0 unspecified atom stereocenters. The molecule has 4 rings (SSSR count). The number of fused-ring (bicyclic) bond motifs is 1. The van der Waals surface area contributed by atoms with Crippen molar-refractivity contribution in [1.82, 2.24) is 9.62 Å². The summed E-state index contributed by atoms with van der Waals surface area (Å²) in [5, 5.41) is 17.3. The Hall–Kier alpha value is -3.01. The van der Waals surface area contributed by atoms with E-state index in [0.29, 0.717) is 24.4 Å². The zero-order valence-corrected chi connectivity index (χ0v) is 20.2. The summed E-state index contributed by atoms with van der Waals surface area (Å²) in [4.78, 5) is 23.9. The minimum absolute atomic E-state index is 0.00188. The average Bonchev–Trinajstić information content (AvgIpc) is 3.49. The number of nitrogens with one attached hydrogen (secondary N) is 2. The van der Waals surface area contributed by atoms with Gasteiger partial charge in [0.1, 0.15) is 16.1 Å². The minimum atomic E-state index is -5.08. The van der Waals surface area contributed by atoms with Gasteiger partial charge in [-0.15, -0.1) is 22.7 Å². The first-order chi connectivity index (χ1) is 16.3. The topological polar surface area (TPSA) is 154 Å². The van der Waals surface area contributed by atoms with Crippen LogP contribution in [0.4, 0.5) is 13.2 Å². The summed E-state index contributed by atoms with van der Waals surface area (Å²) in [6.07, 6.45) is -4.66. The van der Waals surface area contributed by atoms with Crippen molar-refractivity contribution in [3.05, 3.63) is 52.2 Å². The highest BCUT2D eigenvalue weighted by atomic mass is 32.2. The fraction of sp³-hybridized carbons (Fsp3) is 0.250. The summed E-state index contributed by atoms with van der Waals surface area (Å²) in [5.41, 5.74) is 6.36. The summed E-state index contributed by atoms with van der Waals surface area (Å²) in [6.45, 7) is 0.855. The Labute approximate surface area is 205 Å². The lowest BCUT2D eigenvalue weighted by Gasteiger charge is -2.16. The zero-order valence-electron chi connectivity index (χ0n) is 17.7. The predicted molar refractivity (Wildman–Crippen MR) is 125 cm³/mol. The monoisotopic (exact) mass is 548 g/mol. The minimum Gasteiger partial charge on any atom is -0.475 e. The Morgan fingerprint density at radius 3 is 2.51 bits per heavy atom. The maximum atomic E-state index is 12.7. The summed E-state index contributed by atoms with van der Waals surface area (Å²) in [6, 6.07) is 10.1. The number of halogens is 3. The second kappa shape index (κ2) is 10.3. The molecule has 2 aromatic heterocycles. The molecule has 1 saturated heterocycles. The molecule has 188 valence electrons. The molecule has 1 atom stereocenters. The molecule has 3 aromatic rings. The van der Waals surface area contributed by atoms with E-state index in [0.717, 1.165) is 15.6 Å². The number of nitrogens with zero attached hydrogens (tertiary/aromatic N) is 1.